The van der Waals surface area contributed by atoms with E-state index in [4.69, 9.17) is 5.73 Å². The maximum Gasteiger partial charge on any atom is 0.140 e. The van der Waals surface area contributed by atoms with Crippen LogP contribution in [0.5, 0.6) is 0 Å². The van der Waals surface area contributed by atoms with Gasteiger partial charge in [0.1, 0.15) is 5.78 Å². The Balaban J connectivity index is 1.88. The number of carbonyl (C=O) groups excluding carboxylic acids is 1. The maximum atomic E-state index is 12.3. The van der Waals surface area contributed by atoms with Crippen molar-refractivity contribution in [2.45, 2.75) is 58.3 Å². The lowest BCUT2D eigenvalue weighted by molar-refractivity contribution is -0.130. The van der Waals surface area contributed by atoms with Crippen LogP contribution in [0.4, 0.5) is 0 Å². The van der Waals surface area contributed by atoms with Crippen molar-refractivity contribution in [1.29, 1.82) is 0 Å². The third-order valence-corrected chi connectivity index (χ3v) is 4.69. The van der Waals surface area contributed by atoms with Crippen molar-refractivity contribution in [2.24, 2.45) is 23.0 Å². The average Bonchev–Trinajstić information content (AvgIpc) is 3.11. The molecule has 2 rings (SSSR count). The predicted octanol–water partition coefficient (Wildman–Crippen LogP) is 2.90. The minimum atomic E-state index is -0.137. The molecule has 0 aliphatic heterocycles. The lowest BCUT2D eigenvalue weighted by Gasteiger charge is -2.37. The van der Waals surface area contributed by atoms with Crippen LogP contribution in [0.3, 0.4) is 0 Å². The van der Waals surface area contributed by atoms with Crippen molar-refractivity contribution in [3.8, 4) is 0 Å². The van der Waals surface area contributed by atoms with Gasteiger partial charge in [0, 0.05) is 18.4 Å². The molecule has 2 nitrogen and oxygen atoms in total. The summed E-state index contributed by atoms with van der Waals surface area (Å²) in [7, 11) is 0. The van der Waals surface area contributed by atoms with E-state index in [-0.39, 0.29) is 5.41 Å². The number of hydrogen-bond donors (Lipinski definition) is 1. The normalized spacial score (nSPS) is 35.0. The average molecular weight is 223 g/mol. The Kier molecular flexibility index (Phi) is 3.68. The van der Waals surface area contributed by atoms with Gasteiger partial charge in [-0.1, -0.05) is 19.8 Å². The van der Waals surface area contributed by atoms with Crippen LogP contribution in [-0.4, -0.2) is 12.3 Å². The molecule has 0 unspecified atom stereocenters. The van der Waals surface area contributed by atoms with Crippen molar-refractivity contribution >= 4 is 5.78 Å². The van der Waals surface area contributed by atoms with E-state index in [9.17, 15) is 4.79 Å². The third kappa shape index (κ3) is 2.65. The van der Waals surface area contributed by atoms with Crippen molar-refractivity contribution in [3.63, 3.8) is 0 Å². The molecule has 0 saturated heterocycles. The topological polar surface area (TPSA) is 43.1 Å². The molecule has 0 amide bonds. The van der Waals surface area contributed by atoms with Crippen LogP contribution in [0.25, 0.3) is 0 Å². The predicted molar refractivity (Wildman–Crippen MR) is 66.1 cm³/mol. The fraction of sp³-hybridized carbons (Fsp3) is 0.929. The molecule has 0 aromatic carbocycles. The van der Waals surface area contributed by atoms with Gasteiger partial charge in [0.05, 0.1) is 0 Å². The highest BCUT2D eigenvalue weighted by Crippen LogP contribution is 2.41. The van der Waals surface area contributed by atoms with Crippen LogP contribution >= 0.6 is 0 Å². The van der Waals surface area contributed by atoms with E-state index in [1.807, 2.05) is 0 Å². The molecule has 2 N–H and O–H groups in total. The minimum Gasteiger partial charge on any atom is -0.329 e. The summed E-state index contributed by atoms with van der Waals surface area (Å²) in [4.78, 5) is 12.3. The number of nitrogens with two attached hydrogens (primary N) is 1. The summed E-state index contributed by atoms with van der Waals surface area (Å²) < 4.78 is 0. The highest BCUT2D eigenvalue weighted by molar-refractivity contribution is 5.85. The molecule has 0 atom stereocenters. The fourth-order valence-electron chi connectivity index (χ4n) is 2.92. The van der Waals surface area contributed by atoms with Gasteiger partial charge in [0.25, 0.3) is 0 Å². The van der Waals surface area contributed by atoms with Crippen molar-refractivity contribution < 1.29 is 4.79 Å². The van der Waals surface area contributed by atoms with E-state index < -0.39 is 0 Å². The molecule has 92 valence electrons. The second-order valence-electron chi connectivity index (χ2n) is 6.07. The van der Waals surface area contributed by atoms with Gasteiger partial charge in [-0.15, -0.1) is 0 Å². The Morgan fingerprint density at radius 1 is 1.25 bits per heavy atom. The first kappa shape index (κ1) is 12.1. The van der Waals surface area contributed by atoms with E-state index in [1.54, 1.807) is 0 Å². The molecule has 0 heterocycles. The molecule has 16 heavy (non-hydrogen) atoms. The first-order valence-corrected chi connectivity index (χ1v) is 6.90. The zero-order valence-corrected chi connectivity index (χ0v) is 10.5. The van der Waals surface area contributed by atoms with Gasteiger partial charge >= 0.3 is 0 Å². The maximum absolute atomic E-state index is 12.3. The van der Waals surface area contributed by atoms with Gasteiger partial charge in [-0.3, -0.25) is 4.79 Å². The standard InChI is InChI=1S/C14H25NO/c1-11-6-8-14(10-15,9-7-11)13(16)5-4-12-2-3-12/h11-12H,2-10,15H2,1H3. The number of hydrogen-bond acceptors (Lipinski definition) is 2. The highest BCUT2D eigenvalue weighted by atomic mass is 16.1. The Bertz CT molecular complexity index is 249. The van der Waals surface area contributed by atoms with Crippen LogP contribution in [0.1, 0.15) is 58.3 Å². The fourth-order valence-corrected chi connectivity index (χ4v) is 2.92. The summed E-state index contributed by atoms with van der Waals surface area (Å²) in [6.45, 7) is 2.86. The van der Waals surface area contributed by atoms with Crippen LogP contribution < -0.4 is 5.73 Å². The number of rotatable bonds is 5. The van der Waals surface area contributed by atoms with Crippen molar-refractivity contribution in [3.05, 3.63) is 0 Å². The molecular weight excluding hydrogens is 198 g/mol. The van der Waals surface area contributed by atoms with Gasteiger partial charge in [0.15, 0.2) is 0 Å². The van der Waals surface area contributed by atoms with Gasteiger partial charge in [-0.2, -0.15) is 0 Å². The van der Waals surface area contributed by atoms with Gasteiger partial charge in [0.2, 0.25) is 0 Å². The summed E-state index contributed by atoms with van der Waals surface area (Å²) in [6.07, 6.45) is 9.05. The molecular formula is C14H25NO. The van der Waals surface area contributed by atoms with Crippen LogP contribution in [0.15, 0.2) is 0 Å². The smallest absolute Gasteiger partial charge is 0.140 e. The molecule has 0 radical (unpaired) electrons. The van der Waals surface area contributed by atoms with Gasteiger partial charge in [-0.05, 0) is 43.9 Å². The molecule has 0 aromatic rings. The summed E-state index contributed by atoms with van der Waals surface area (Å²) >= 11 is 0. The second kappa shape index (κ2) is 4.87. The first-order chi connectivity index (χ1) is 7.66. The van der Waals surface area contributed by atoms with Crippen molar-refractivity contribution in [2.75, 3.05) is 6.54 Å². The quantitative estimate of drug-likeness (QED) is 0.778. The zero-order chi connectivity index (χ0) is 11.6. The SMILES string of the molecule is CC1CCC(CN)(C(=O)CCC2CC2)CC1. The van der Waals surface area contributed by atoms with Gasteiger partial charge < -0.3 is 5.73 Å². The molecule has 2 fully saturated rings. The van der Waals surface area contributed by atoms with Crippen LogP contribution in [0, 0.1) is 17.3 Å². The molecule has 2 aliphatic carbocycles. The largest absolute Gasteiger partial charge is 0.329 e. The Hall–Kier alpha value is -0.370. The van der Waals surface area contributed by atoms with Crippen LogP contribution in [-0.2, 0) is 4.79 Å². The van der Waals surface area contributed by atoms with E-state index in [0.717, 1.165) is 37.5 Å². The molecule has 2 heteroatoms. The summed E-state index contributed by atoms with van der Waals surface area (Å²) in [5, 5.41) is 0. The number of ketones is 1. The Morgan fingerprint density at radius 3 is 2.38 bits per heavy atom. The summed E-state index contributed by atoms with van der Waals surface area (Å²) in [5.74, 6) is 2.12. The third-order valence-electron chi connectivity index (χ3n) is 4.69. The molecule has 2 saturated carbocycles. The lowest BCUT2D eigenvalue weighted by atomic mass is 9.67. The van der Waals surface area contributed by atoms with E-state index >= 15 is 0 Å². The second-order valence-corrected chi connectivity index (χ2v) is 6.07. The van der Waals surface area contributed by atoms with Crippen LogP contribution in [0.2, 0.25) is 0 Å². The summed E-state index contributed by atoms with van der Waals surface area (Å²) in [6, 6.07) is 0. The monoisotopic (exact) mass is 223 g/mol. The lowest BCUT2D eigenvalue weighted by Crippen LogP contribution is -2.41. The van der Waals surface area contributed by atoms with E-state index in [2.05, 4.69) is 6.92 Å². The van der Waals surface area contributed by atoms with E-state index in [1.165, 1.54) is 25.7 Å². The van der Waals surface area contributed by atoms with E-state index in [0.29, 0.717) is 12.3 Å². The Morgan fingerprint density at radius 2 is 1.88 bits per heavy atom. The first-order valence-electron chi connectivity index (χ1n) is 6.90. The number of carbonyl (C=O) groups is 1. The molecule has 0 spiro atoms. The zero-order valence-electron chi connectivity index (χ0n) is 10.5. The highest BCUT2D eigenvalue weighted by Gasteiger charge is 2.39. The van der Waals surface area contributed by atoms with Crippen molar-refractivity contribution in [1.82, 2.24) is 0 Å². The summed E-state index contributed by atoms with van der Waals surface area (Å²) in [5.41, 5.74) is 5.75. The van der Waals surface area contributed by atoms with Gasteiger partial charge in [-0.25, -0.2) is 0 Å². The number of Topliss-reactive ketones (excluding diaryl/α,β-unsaturated/α-hetero) is 1. The minimum absolute atomic E-state index is 0.137. The molecule has 0 bridgehead atoms. The molecule has 0 aromatic heterocycles. The molecule has 2 aliphatic rings. The Labute approximate surface area is 99.0 Å².